The van der Waals surface area contributed by atoms with Gasteiger partial charge in [0.1, 0.15) is 5.71 Å². The topological polar surface area (TPSA) is 96.9 Å². The van der Waals surface area contributed by atoms with Crippen molar-refractivity contribution in [2.24, 2.45) is 10.7 Å². The maximum Gasteiger partial charge on any atom is 0.267 e. The van der Waals surface area contributed by atoms with Gasteiger partial charge < -0.3 is 20.9 Å². The monoisotopic (exact) mass is 295 g/mol. The summed E-state index contributed by atoms with van der Waals surface area (Å²) in [4.78, 5) is 15.5. The van der Waals surface area contributed by atoms with Crippen LogP contribution in [0.15, 0.2) is 16.6 Å². The summed E-state index contributed by atoms with van der Waals surface area (Å²) in [5.41, 5.74) is 6.53. The number of nitrogens with two attached hydrogens (primary N) is 1. The molecule has 0 aromatic heterocycles. The minimum absolute atomic E-state index is 0.0270. The number of rotatable bonds is 7. The quantitative estimate of drug-likeness (QED) is 0.623. The minimum atomic E-state index is -0.462. The maximum atomic E-state index is 11.2. The Balaban J connectivity index is 1.75. The Hall–Kier alpha value is -1.24. The number of carbonyl (C=O) groups excluding carboxylic acids is 1. The zero-order valence-corrected chi connectivity index (χ0v) is 12.7. The first kappa shape index (κ1) is 16.1. The highest BCUT2D eigenvalue weighted by atomic mass is 16.5. The lowest BCUT2D eigenvalue weighted by Crippen LogP contribution is -2.24. The molecule has 1 fully saturated rings. The van der Waals surface area contributed by atoms with E-state index >= 15 is 0 Å². The Bertz CT molecular complexity index is 447. The van der Waals surface area contributed by atoms with E-state index < -0.39 is 5.91 Å². The van der Waals surface area contributed by atoms with Gasteiger partial charge in [-0.2, -0.15) is 0 Å². The van der Waals surface area contributed by atoms with Crippen molar-refractivity contribution in [3.05, 3.63) is 11.6 Å². The van der Waals surface area contributed by atoms with Crippen molar-refractivity contribution >= 4 is 11.6 Å². The van der Waals surface area contributed by atoms with E-state index in [2.05, 4.69) is 10.3 Å². The van der Waals surface area contributed by atoms with Crippen molar-refractivity contribution in [2.75, 3.05) is 13.6 Å². The number of nitrogens with one attached hydrogen (secondary N) is 1. The molecule has 1 saturated heterocycles. The second-order valence-electron chi connectivity index (χ2n) is 5.85. The van der Waals surface area contributed by atoms with Crippen LogP contribution < -0.4 is 11.1 Å². The summed E-state index contributed by atoms with van der Waals surface area (Å²) >= 11 is 0. The van der Waals surface area contributed by atoms with Crippen LogP contribution in [0.2, 0.25) is 0 Å². The summed E-state index contributed by atoms with van der Waals surface area (Å²) in [5, 5.41) is 13.0. The third kappa shape index (κ3) is 4.12. The number of aliphatic hydroxyl groups is 1. The molecule has 0 radical (unpaired) electrons. The summed E-state index contributed by atoms with van der Waals surface area (Å²) in [6.07, 6.45) is 4.86. The van der Waals surface area contributed by atoms with Crippen molar-refractivity contribution in [1.29, 1.82) is 0 Å². The van der Waals surface area contributed by atoms with E-state index in [4.69, 9.17) is 10.5 Å². The van der Waals surface area contributed by atoms with E-state index in [1.54, 1.807) is 0 Å². The SMILES string of the molecule is CNCC1C[C@@H](O)[C@H](CCCC2C=C(C)C(C(N)=O)=N2)O1. The molecule has 0 saturated carbocycles. The third-order valence-electron chi connectivity index (χ3n) is 4.07. The number of nitrogens with zero attached hydrogens (tertiary/aromatic N) is 1. The van der Waals surface area contributed by atoms with Gasteiger partial charge in [-0.15, -0.1) is 0 Å². The number of hydrogen-bond donors (Lipinski definition) is 3. The first-order valence-corrected chi connectivity index (χ1v) is 7.55. The van der Waals surface area contributed by atoms with Gasteiger partial charge in [-0.05, 0) is 38.8 Å². The number of hydrogen-bond acceptors (Lipinski definition) is 5. The fourth-order valence-electron chi connectivity index (χ4n) is 3.04. The lowest BCUT2D eigenvalue weighted by Gasteiger charge is -2.15. The number of amides is 1. The van der Waals surface area contributed by atoms with Crippen molar-refractivity contribution in [1.82, 2.24) is 5.32 Å². The largest absolute Gasteiger partial charge is 0.390 e. The first-order valence-electron chi connectivity index (χ1n) is 7.55. The van der Waals surface area contributed by atoms with Crippen molar-refractivity contribution in [3.8, 4) is 0 Å². The smallest absolute Gasteiger partial charge is 0.267 e. The predicted molar refractivity (Wildman–Crippen MR) is 81.2 cm³/mol. The van der Waals surface area contributed by atoms with Gasteiger partial charge in [0.2, 0.25) is 0 Å². The molecular weight excluding hydrogens is 270 g/mol. The van der Waals surface area contributed by atoms with Crippen molar-refractivity contribution in [3.63, 3.8) is 0 Å². The van der Waals surface area contributed by atoms with E-state index in [-0.39, 0.29) is 24.4 Å². The summed E-state index contributed by atoms with van der Waals surface area (Å²) in [6.45, 7) is 2.63. The number of primary amides is 1. The molecule has 2 aliphatic rings. The molecule has 4 atom stereocenters. The van der Waals surface area contributed by atoms with Crippen LogP contribution in [0.4, 0.5) is 0 Å². The highest BCUT2D eigenvalue weighted by Crippen LogP contribution is 2.25. The summed E-state index contributed by atoms with van der Waals surface area (Å²) in [7, 11) is 1.88. The fraction of sp³-hybridized carbons (Fsp3) is 0.733. The van der Waals surface area contributed by atoms with Crippen LogP contribution in [-0.4, -0.2) is 54.7 Å². The van der Waals surface area contributed by atoms with E-state index in [0.717, 1.165) is 31.4 Å². The second-order valence-corrected chi connectivity index (χ2v) is 5.85. The Labute approximate surface area is 125 Å². The van der Waals surface area contributed by atoms with Crippen LogP contribution in [0, 0.1) is 0 Å². The highest BCUT2D eigenvalue weighted by Gasteiger charge is 2.33. The van der Waals surface area contributed by atoms with Crippen molar-refractivity contribution in [2.45, 2.75) is 57.0 Å². The molecule has 2 heterocycles. The molecule has 2 unspecified atom stereocenters. The minimum Gasteiger partial charge on any atom is -0.390 e. The summed E-state index contributed by atoms with van der Waals surface area (Å²) in [5.74, 6) is -0.462. The molecule has 2 aliphatic heterocycles. The number of carbonyl (C=O) groups is 1. The van der Waals surface area contributed by atoms with Gasteiger partial charge in [0.05, 0.1) is 24.4 Å². The highest BCUT2D eigenvalue weighted by molar-refractivity contribution is 6.45. The van der Waals surface area contributed by atoms with Crippen LogP contribution in [0.3, 0.4) is 0 Å². The number of aliphatic hydroxyl groups excluding tert-OH is 1. The Morgan fingerprint density at radius 1 is 1.57 bits per heavy atom. The van der Waals surface area contributed by atoms with Gasteiger partial charge in [-0.1, -0.05) is 6.08 Å². The van der Waals surface area contributed by atoms with Gasteiger partial charge in [-0.3, -0.25) is 9.79 Å². The van der Waals surface area contributed by atoms with E-state index in [1.165, 1.54) is 0 Å². The van der Waals surface area contributed by atoms with E-state index in [0.29, 0.717) is 12.1 Å². The molecule has 0 aliphatic carbocycles. The molecule has 118 valence electrons. The standard InChI is InChI=1S/C15H25N3O3/c1-9-6-10(18-14(9)15(16)20)4-3-5-13-12(19)7-11(21-13)8-17-2/h6,10-13,17,19H,3-5,7-8H2,1-2H3,(H2,16,20)/t10?,11?,12-,13+/m1/s1. The Kier molecular flexibility index (Phi) is 5.50. The zero-order chi connectivity index (χ0) is 15.4. The maximum absolute atomic E-state index is 11.2. The third-order valence-corrected chi connectivity index (χ3v) is 4.07. The zero-order valence-electron chi connectivity index (χ0n) is 12.7. The molecule has 2 rings (SSSR count). The molecule has 0 aromatic carbocycles. The molecule has 0 bridgehead atoms. The molecule has 0 aromatic rings. The molecule has 1 amide bonds. The lowest BCUT2D eigenvalue weighted by atomic mass is 10.0. The average molecular weight is 295 g/mol. The number of aliphatic imine (C=N–C) groups is 1. The molecule has 21 heavy (non-hydrogen) atoms. The Morgan fingerprint density at radius 3 is 2.95 bits per heavy atom. The van der Waals surface area contributed by atoms with Crippen LogP contribution in [0.1, 0.15) is 32.6 Å². The molecule has 0 spiro atoms. The van der Waals surface area contributed by atoms with Gasteiger partial charge in [0.25, 0.3) is 5.91 Å². The van der Waals surface area contributed by atoms with Gasteiger partial charge in [0, 0.05) is 13.0 Å². The van der Waals surface area contributed by atoms with Crippen LogP contribution in [0.25, 0.3) is 0 Å². The van der Waals surface area contributed by atoms with E-state index in [1.807, 2.05) is 20.0 Å². The Morgan fingerprint density at radius 2 is 2.33 bits per heavy atom. The molecular formula is C15H25N3O3. The fourth-order valence-corrected chi connectivity index (χ4v) is 3.04. The lowest BCUT2D eigenvalue weighted by molar-refractivity contribution is -0.111. The molecule has 6 nitrogen and oxygen atoms in total. The first-order chi connectivity index (χ1) is 10.0. The van der Waals surface area contributed by atoms with Gasteiger partial charge in [0.15, 0.2) is 0 Å². The van der Waals surface area contributed by atoms with Gasteiger partial charge >= 0.3 is 0 Å². The van der Waals surface area contributed by atoms with Crippen molar-refractivity contribution < 1.29 is 14.6 Å². The van der Waals surface area contributed by atoms with Crippen LogP contribution in [0.5, 0.6) is 0 Å². The molecule has 4 N–H and O–H groups in total. The predicted octanol–water partition coefficient (Wildman–Crippen LogP) is 0.149. The second kappa shape index (κ2) is 7.15. The average Bonchev–Trinajstić information content (AvgIpc) is 2.94. The summed E-state index contributed by atoms with van der Waals surface area (Å²) in [6, 6.07) is 0.0270. The van der Waals surface area contributed by atoms with Crippen LogP contribution in [-0.2, 0) is 9.53 Å². The normalized spacial score (nSPS) is 32.1. The molecule has 6 heteroatoms. The number of ether oxygens (including phenoxy) is 1. The van der Waals surface area contributed by atoms with Gasteiger partial charge in [-0.25, -0.2) is 0 Å². The van der Waals surface area contributed by atoms with E-state index in [9.17, 15) is 9.90 Å². The van der Waals surface area contributed by atoms with Crippen LogP contribution >= 0.6 is 0 Å². The summed E-state index contributed by atoms with van der Waals surface area (Å²) < 4.78 is 5.82. The number of likely N-dealkylation sites (N-methyl/N-ethyl adjacent to an activating group) is 1.